The Hall–Kier alpha value is -2.58. The van der Waals surface area contributed by atoms with Crippen molar-refractivity contribution in [3.63, 3.8) is 0 Å². The first-order valence-electron chi connectivity index (χ1n) is 8.74. The van der Waals surface area contributed by atoms with Crippen LogP contribution >= 0.6 is 11.3 Å². The third-order valence-electron chi connectivity index (χ3n) is 4.34. The molecule has 0 unspecified atom stereocenters. The predicted octanol–water partition coefficient (Wildman–Crippen LogP) is 2.77. The normalized spacial score (nSPS) is 16.7. The van der Waals surface area contributed by atoms with Crippen LogP contribution in [0, 0.1) is 0 Å². The van der Waals surface area contributed by atoms with Crippen LogP contribution in [0.5, 0.6) is 0 Å². The van der Waals surface area contributed by atoms with Crippen molar-refractivity contribution in [2.45, 2.75) is 25.8 Å². The molecular formula is C18H20N6OS. The number of nitrogens with zero attached hydrogens (tertiary/aromatic N) is 3. The fraction of sp³-hybridized carbons (Fsp3) is 0.333. The van der Waals surface area contributed by atoms with Crippen LogP contribution in [0.15, 0.2) is 30.6 Å². The van der Waals surface area contributed by atoms with Gasteiger partial charge in [-0.25, -0.2) is 4.98 Å². The Kier molecular flexibility index (Phi) is 4.77. The van der Waals surface area contributed by atoms with E-state index in [1.807, 2.05) is 25.3 Å². The van der Waals surface area contributed by atoms with E-state index in [1.54, 1.807) is 23.6 Å². The maximum atomic E-state index is 12.0. The molecule has 4 heterocycles. The van der Waals surface area contributed by atoms with E-state index >= 15 is 0 Å². The average Bonchev–Trinajstić information content (AvgIpc) is 3.41. The molecular weight excluding hydrogens is 348 g/mol. The molecule has 1 amide bonds. The van der Waals surface area contributed by atoms with Gasteiger partial charge >= 0.3 is 0 Å². The summed E-state index contributed by atoms with van der Waals surface area (Å²) in [6.45, 7) is 3.46. The Morgan fingerprint density at radius 1 is 1.46 bits per heavy atom. The molecule has 3 aromatic heterocycles. The first-order chi connectivity index (χ1) is 12.8. The van der Waals surface area contributed by atoms with E-state index in [0.29, 0.717) is 12.2 Å². The number of thiazole rings is 1. The number of carbonyl (C=O) groups excluding carboxylic acids is 1. The van der Waals surface area contributed by atoms with E-state index < -0.39 is 0 Å². The standard InChI is InChI=1S/C18H20N6OS/c1-2-20-17(25)14-9-13(23-24-14)16-15(12-6-4-8-21-12)22-18(26-16)11-5-3-7-19-10-11/h3,5,7,9-10,12,21H,2,4,6,8H2,1H3,(H,20,25)(H,23,24)/t12-/m0/s1. The van der Waals surface area contributed by atoms with Crippen LogP contribution in [-0.2, 0) is 0 Å². The molecule has 0 aliphatic carbocycles. The highest BCUT2D eigenvalue weighted by Gasteiger charge is 2.26. The van der Waals surface area contributed by atoms with Crippen LogP contribution in [0.1, 0.15) is 42.0 Å². The zero-order chi connectivity index (χ0) is 17.9. The molecule has 1 aliphatic rings. The van der Waals surface area contributed by atoms with Gasteiger partial charge in [-0.15, -0.1) is 11.3 Å². The number of pyridine rings is 1. The van der Waals surface area contributed by atoms with Gasteiger partial charge in [0, 0.05) is 24.5 Å². The number of H-pyrrole nitrogens is 1. The number of rotatable bonds is 5. The number of aromatic nitrogens is 4. The van der Waals surface area contributed by atoms with Crippen LogP contribution in [-0.4, -0.2) is 39.2 Å². The summed E-state index contributed by atoms with van der Waals surface area (Å²) < 4.78 is 0. The van der Waals surface area contributed by atoms with Gasteiger partial charge in [0.25, 0.3) is 5.91 Å². The highest BCUT2D eigenvalue weighted by Crippen LogP contribution is 2.39. The Morgan fingerprint density at radius 3 is 3.12 bits per heavy atom. The zero-order valence-electron chi connectivity index (χ0n) is 14.5. The minimum absolute atomic E-state index is 0.174. The predicted molar refractivity (Wildman–Crippen MR) is 101 cm³/mol. The quantitative estimate of drug-likeness (QED) is 0.644. The first-order valence-corrected chi connectivity index (χ1v) is 9.56. The topological polar surface area (TPSA) is 95.6 Å². The van der Waals surface area contributed by atoms with Gasteiger partial charge in [-0.05, 0) is 44.5 Å². The van der Waals surface area contributed by atoms with Crippen molar-refractivity contribution in [3.8, 4) is 21.1 Å². The van der Waals surface area contributed by atoms with Gasteiger partial charge in [-0.3, -0.25) is 14.9 Å². The summed E-state index contributed by atoms with van der Waals surface area (Å²) in [5, 5.41) is 14.4. The molecule has 3 aromatic rings. The summed E-state index contributed by atoms with van der Waals surface area (Å²) in [6.07, 6.45) is 5.77. The lowest BCUT2D eigenvalue weighted by Crippen LogP contribution is -2.22. The lowest BCUT2D eigenvalue weighted by Gasteiger charge is -2.08. The van der Waals surface area contributed by atoms with Crippen molar-refractivity contribution in [2.24, 2.45) is 0 Å². The van der Waals surface area contributed by atoms with Gasteiger partial charge in [0.2, 0.25) is 0 Å². The van der Waals surface area contributed by atoms with Crippen molar-refractivity contribution >= 4 is 17.2 Å². The van der Waals surface area contributed by atoms with E-state index in [4.69, 9.17) is 4.98 Å². The Labute approximate surface area is 155 Å². The van der Waals surface area contributed by atoms with Crippen molar-refractivity contribution in [1.29, 1.82) is 0 Å². The fourth-order valence-electron chi connectivity index (χ4n) is 3.10. The average molecular weight is 368 g/mol. The van der Waals surface area contributed by atoms with E-state index in [2.05, 4.69) is 25.8 Å². The summed E-state index contributed by atoms with van der Waals surface area (Å²) in [4.78, 5) is 22.1. The highest BCUT2D eigenvalue weighted by molar-refractivity contribution is 7.18. The largest absolute Gasteiger partial charge is 0.351 e. The van der Waals surface area contributed by atoms with Gasteiger partial charge in [0.05, 0.1) is 22.3 Å². The number of nitrogens with one attached hydrogen (secondary N) is 3. The molecule has 0 aromatic carbocycles. The molecule has 4 rings (SSSR count). The summed E-state index contributed by atoms with van der Waals surface area (Å²) in [7, 11) is 0. The smallest absolute Gasteiger partial charge is 0.271 e. The molecule has 26 heavy (non-hydrogen) atoms. The fourth-order valence-corrected chi connectivity index (χ4v) is 4.18. The molecule has 1 fully saturated rings. The van der Waals surface area contributed by atoms with Crippen molar-refractivity contribution < 1.29 is 4.79 Å². The van der Waals surface area contributed by atoms with Gasteiger partial charge in [-0.2, -0.15) is 5.10 Å². The third-order valence-corrected chi connectivity index (χ3v) is 5.50. The minimum Gasteiger partial charge on any atom is -0.351 e. The lowest BCUT2D eigenvalue weighted by atomic mass is 10.1. The second-order valence-corrected chi connectivity index (χ2v) is 7.15. The molecule has 0 radical (unpaired) electrons. The van der Waals surface area contributed by atoms with Crippen LogP contribution in [0.2, 0.25) is 0 Å². The van der Waals surface area contributed by atoms with Gasteiger partial charge in [0.1, 0.15) is 5.01 Å². The van der Waals surface area contributed by atoms with Gasteiger partial charge in [-0.1, -0.05) is 0 Å². The molecule has 1 saturated heterocycles. The van der Waals surface area contributed by atoms with Crippen molar-refractivity contribution in [3.05, 3.63) is 42.0 Å². The number of carbonyl (C=O) groups is 1. The summed E-state index contributed by atoms with van der Waals surface area (Å²) in [5.74, 6) is -0.174. The highest BCUT2D eigenvalue weighted by atomic mass is 32.1. The van der Waals surface area contributed by atoms with E-state index in [0.717, 1.165) is 46.2 Å². The van der Waals surface area contributed by atoms with Crippen LogP contribution in [0.25, 0.3) is 21.1 Å². The van der Waals surface area contributed by atoms with E-state index in [1.165, 1.54) is 0 Å². The Balaban J connectivity index is 1.74. The molecule has 0 spiro atoms. The maximum absolute atomic E-state index is 12.0. The summed E-state index contributed by atoms with van der Waals surface area (Å²) in [5.41, 5.74) is 3.22. The van der Waals surface area contributed by atoms with E-state index in [-0.39, 0.29) is 11.9 Å². The first kappa shape index (κ1) is 16.9. The Morgan fingerprint density at radius 2 is 2.38 bits per heavy atom. The second kappa shape index (κ2) is 7.35. The van der Waals surface area contributed by atoms with Gasteiger partial charge < -0.3 is 10.6 Å². The van der Waals surface area contributed by atoms with Crippen molar-refractivity contribution in [2.75, 3.05) is 13.1 Å². The maximum Gasteiger partial charge on any atom is 0.271 e. The lowest BCUT2D eigenvalue weighted by molar-refractivity contribution is 0.0951. The molecule has 134 valence electrons. The molecule has 1 aliphatic heterocycles. The van der Waals surface area contributed by atoms with Crippen LogP contribution < -0.4 is 10.6 Å². The number of hydrogen-bond donors (Lipinski definition) is 3. The number of aromatic amines is 1. The molecule has 8 heteroatoms. The van der Waals surface area contributed by atoms with E-state index in [9.17, 15) is 4.79 Å². The molecule has 0 bridgehead atoms. The van der Waals surface area contributed by atoms with Crippen LogP contribution in [0.4, 0.5) is 0 Å². The Bertz CT molecular complexity index is 898. The SMILES string of the molecule is CCNC(=O)c1cc(-c2sc(-c3cccnc3)nc2[C@@H]2CCCN2)[nH]n1. The number of amides is 1. The van der Waals surface area contributed by atoms with Gasteiger partial charge in [0.15, 0.2) is 5.69 Å². The monoisotopic (exact) mass is 368 g/mol. The third kappa shape index (κ3) is 3.25. The minimum atomic E-state index is -0.174. The molecule has 0 saturated carbocycles. The molecule has 1 atom stereocenters. The second-order valence-electron chi connectivity index (χ2n) is 6.15. The summed E-state index contributed by atoms with van der Waals surface area (Å²) >= 11 is 1.60. The molecule has 7 nitrogen and oxygen atoms in total. The number of hydrogen-bond acceptors (Lipinski definition) is 6. The van der Waals surface area contributed by atoms with Crippen LogP contribution in [0.3, 0.4) is 0 Å². The summed E-state index contributed by atoms with van der Waals surface area (Å²) in [6, 6.07) is 5.94. The molecule has 3 N–H and O–H groups in total. The van der Waals surface area contributed by atoms with Crippen molar-refractivity contribution in [1.82, 2.24) is 30.8 Å². The zero-order valence-corrected chi connectivity index (χ0v) is 15.3.